The van der Waals surface area contributed by atoms with Crippen molar-refractivity contribution in [3.05, 3.63) is 17.5 Å². The minimum absolute atomic E-state index is 0.236. The quantitative estimate of drug-likeness (QED) is 0.362. The number of aromatic amines is 1. The van der Waals surface area contributed by atoms with Gasteiger partial charge in [-0.05, 0) is 18.9 Å². The fourth-order valence-corrected chi connectivity index (χ4v) is 3.01. The van der Waals surface area contributed by atoms with Crippen LogP contribution in [0.3, 0.4) is 0 Å². The van der Waals surface area contributed by atoms with E-state index in [0.29, 0.717) is 17.8 Å². The molecular formula is C12H18N4O4S. The SMILES string of the molecule is CC(O)C[C@@H](O)[C@@H](S)Cc1c[nH]c2c1N1NC2(O)N=C1O. The van der Waals surface area contributed by atoms with Gasteiger partial charge in [0.2, 0.25) is 0 Å². The van der Waals surface area contributed by atoms with Crippen molar-refractivity contribution in [2.75, 3.05) is 5.01 Å². The number of aliphatic hydroxyl groups is 4. The summed E-state index contributed by atoms with van der Waals surface area (Å²) in [6.07, 6.45) is 0.968. The molecule has 0 aromatic carbocycles. The first-order valence-electron chi connectivity index (χ1n) is 6.66. The smallest absolute Gasteiger partial charge is 0.309 e. The van der Waals surface area contributed by atoms with E-state index in [0.717, 1.165) is 5.56 Å². The summed E-state index contributed by atoms with van der Waals surface area (Å²) in [4.78, 5) is 6.63. The highest BCUT2D eigenvalue weighted by molar-refractivity contribution is 7.81. The Kier molecular flexibility index (Phi) is 3.41. The van der Waals surface area contributed by atoms with E-state index < -0.39 is 18.1 Å². The third kappa shape index (κ3) is 2.30. The molecule has 0 radical (unpaired) electrons. The summed E-state index contributed by atoms with van der Waals surface area (Å²) in [6.45, 7) is 1.61. The average molecular weight is 314 g/mol. The van der Waals surface area contributed by atoms with Gasteiger partial charge in [0.25, 0.3) is 5.85 Å². The molecule has 3 heterocycles. The molecule has 9 heteroatoms. The number of aliphatic hydroxyl groups excluding tert-OH is 3. The number of amidine groups is 1. The Morgan fingerprint density at radius 2 is 2.19 bits per heavy atom. The van der Waals surface area contributed by atoms with Crippen LogP contribution in [0.5, 0.6) is 0 Å². The molecule has 2 bridgehead atoms. The molecule has 0 saturated heterocycles. The largest absolute Gasteiger partial charge is 0.479 e. The van der Waals surface area contributed by atoms with Gasteiger partial charge >= 0.3 is 6.02 Å². The van der Waals surface area contributed by atoms with E-state index >= 15 is 0 Å². The van der Waals surface area contributed by atoms with Crippen molar-refractivity contribution >= 4 is 24.3 Å². The van der Waals surface area contributed by atoms with Gasteiger partial charge in [-0.15, -0.1) is 0 Å². The molecule has 2 unspecified atom stereocenters. The Balaban J connectivity index is 1.79. The molecule has 4 atom stereocenters. The van der Waals surface area contributed by atoms with Gasteiger partial charge in [-0.1, -0.05) is 0 Å². The van der Waals surface area contributed by atoms with Crippen molar-refractivity contribution in [1.82, 2.24) is 10.4 Å². The normalized spacial score (nSPS) is 27.5. The van der Waals surface area contributed by atoms with Crippen LogP contribution >= 0.6 is 12.6 Å². The second kappa shape index (κ2) is 4.89. The van der Waals surface area contributed by atoms with Crippen LogP contribution in [0.4, 0.5) is 5.69 Å². The average Bonchev–Trinajstić information content (AvgIpc) is 2.98. The summed E-state index contributed by atoms with van der Waals surface area (Å²) >= 11 is 4.37. The van der Waals surface area contributed by atoms with Crippen molar-refractivity contribution in [1.29, 1.82) is 0 Å². The van der Waals surface area contributed by atoms with Crippen molar-refractivity contribution < 1.29 is 20.4 Å². The zero-order valence-corrected chi connectivity index (χ0v) is 12.2. The number of nitrogens with one attached hydrogen (secondary N) is 2. The van der Waals surface area contributed by atoms with E-state index in [1.165, 1.54) is 5.01 Å². The van der Waals surface area contributed by atoms with E-state index in [9.17, 15) is 20.4 Å². The molecule has 0 aliphatic carbocycles. The topological polar surface area (TPSA) is 124 Å². The predicted octanol–water partition coefficient (Wildman–Crippen LogP) is -0.658. The summed E-state index contributed by atoms with van der Waals surface area (Å²) in [5, 5.41) is 40.1. The van der Waals surface area contributed by atoms with Crippen molar-refractivity contribution in [3.63, 3.8) is 0 Å². The number of H-pyrrole nitrogens is 1. The number of hydrazine groups is 1. The van der Waals surface area contributed by atoms with Gasteiger partial charge < -0.3 is 25.4 Å². The number of rotatable bonds is 5. The number of aromatic nitrogens is 1. The lowest BCUT2D eigenvalue weighted by molar-refractivity contribution is 0.0268. The summed E-state index contributed by atoms with van der Waals surface area (Å²) in [7, 11) is 0. The van der Waals surface area contributed by atoms with Gasteiger partial charge in [0.1, 0.15) is 5.69 Å². The lowest BCUT2D eigenvalue weighted by Gasteiger charge is -2.20. The van der Waals surface area contributed by atoms with Gasteiger partial charge in [-0.25, -0.2) is 5.01 Å². The van der Waals surface area contributed by atoms with E-state index in [-0.39, 0.29) is 17.7 Å². The molecule has 0 amide bonds. The third-order valence-corrected chi connectivity index (χ3v) is 4.22. The molecular weight excluding hydrogens is 296 g/mol. The van der Waals surface area contributed by atoms with E-state index in [2.05, 4.69) is 28.0 Å². The second-order valence-corrected chi connectivity index (χ2v) is 6.16. The van der Waals surface area contributed by atoms with Crippen molar-refractivity contribution in [2.45, 2.75) is 43.1 Å². The first-order valence-corrected chi connectivity index (χ1v) is 7.17. The fraction of sp³-hybridized carbons (Fsp3) is 0.583. The molecule has 116 valence electrons. The maximum Gasteiger partial charge on any atom is 0.309 e. The summed E-state index contributed by atoms with van der Waals surface area (Å²) in [6, 6.07) is -0.314. The Morgan fingerprint density at radius 1 is 1.48 bits per heavy atom. The molecule has 6 N–H and O–H groups in total. The number of hydrogen-bond acceptors (Lipinski definition) is 7. The van der Waals surface area contributed by atoms with Crippen LogP contribution in [-0.4, -0.2) is 48.9 Å². The van der Waals surface area contributed by atoms with Gasteiger partial charge in [-0.3, -0.25) is 0 Å². The highest BCUT2D eigenvalue weighted by Gasteiger charge is 2.51. The standard InChI is InChI=1S/C12H18N4O4S/c1-5(17)2-7(18)8(21)3-6-4-13-10-9(6)16-11(19)14-12(10,20)15-16/h4-5,7-8,13,15,17-18,20-21H,2-3H2,1H3,(H,14,19)/t5?,7-,8+,12?/m1/s1. The van der Waals surface area contributed by atoms with E-state index in [1.807, 2.05) is 0 Å². The highest BCUT2D eigenvalue weighted by Crippen LogP contribution is 2.43. The third-order valence-electron chi connectivity index (χ3n) is 3.69. The first kappa shape index (κ1) is 14.7. The molecule has 1 aromatic heterocycles. The summed E-state index contributed by atoms with van der Waals surface area (Å²) < 4.78 is 0. The van der Waals surface area contributed by atoms with Crippen LogP contribution in [0, 0.1) is 0 Å². The lowest BCUT2D eigenvalue weighted by Crippen LogP contribution is -2.40. The molecule has 0 spiro atoms. The van der Waals surface area contributed by atoms with Gasteiger partial charge in [0.05, 0.1) is 17.9 Å². The summed E-state index contributed by atoms with van der Waals surface area (Å²) in [5.41, 5.74) is 4.46. The fourth-order valence-electron chi connectivity index (χ4n) is 2.69. The maximum absolute atomic E-state index is 10.2. The molecule has 2 aliphatic heterocycles. The molecule has 8 nitrogen and oxygen atoms in total. The maximum atomic E-state index is 10.2. The molecule has 1 aromatic rings. The minimum Gasteiger partial charge on any atom is -0.479 e. The Bertz CT molecular complexity index is 590. The number of hydrogen-bond donors (Lipinski definition) is 7. The zero-order valence-electron chi connectivity index (χ0n) is 11.4. The molecule has 0 saturated carbocycles. The van der Waals surface area contributed by atoms with Crippen LogP contribution in [0.2, 0.25) is 0 Å². The number of aliphatic imine (C=N–C) groups is 1. The van der Waals surface area contributed by atoms with E-state index in [1.54, 1.807) is 13.1 Å². The molecule has 3 rings (SSSR count). The number of anilines is 1. The number of fused-ring (bicyclic) bond motifs is 5. The molecule has 2 aliphatic rings. The Labute approximate surface area is 126 Å². The van der Waals surface area contributed by atoms with Crippen LogP contribution in [-0.2, 0) is 12.3 Å². The number of nitrogens with zero attached hydrogens (tertiary/aromatic N) is 2. The van der Waals surface area contributed by atoms with Gasteiger partial charge in [-0.2, -0.15) is 23.0 Å². The van der Waals surface area contributed by atoms with E-state index in [4.69, 9.17) is 0 Å². The summed E-state index contributed by atoms with van der Waals surface area (Å²) in [5.74, 6) is -1.66. The Morgan fingerprint density at radius 3 is 2.86 bits per heavy atom. The lowest BCUT2D eigenvalue weighted by atomic mass is 10.0. The Hall–Kier alpha value is -1.26. The first-order chi connectivity index (χ1) is 9.82. The van der Waals surface area contributed by atoms with Crippen LogP contribution in [0.25, 0.3) is 0 Å². The highest BCUT2D eigenvalue weighted by atomic mass is 32.1. The zero-order chi connectivity index (χ0) is 15.4. The minimum atomic E-state index is -1.66. The monoisotopic (exact) mass is 314 g/mol. The van der Waals surface area contributed by atoms with Crippen LogP contribution in [0.1, 0.15) is 24.6 Å². The molecule has 21 heavy (non-hydrogen) atoms. The van der Waals surface area contributed by atoms with Crippen molar-refractivity contribution in [2.24, 2.45) is 4.99 Å². The number of thiol groups is 1. The van der Waals surface area contributed by atoms with Gasteiger partial charge in [0, 0.05) is 17.9 Å². The molecule has 0 fully saturated rings. The van der Waals surface area contributed by atoms with Gasteiger partial charge in [0.15, 0.2) is 0 Å². The predicted molar refractivity (Wildman–Crippen MR) is 79.2 cm³/mol. The van der Waals surface area contributed by atoms with Crippen molar-refractivity contribution in [3.8, 4) is 0 Å². The van der Waals surface area contributed by atoms with Crippen LogP contribution in [0.15, 0.2) is 11.2 Å². The second-order valence-electron chi connectivity index (χ2n) is 5.49. The van der Waals surface area contributed by atoms with Crippen LogP contribution < -0.4 is 10.4 Å².